The Morgan fingerprint density at radius 1 is 0.962 bits per heavy atom. The molecule has 3 fully saturated rings. The van der Waals surface area contributed by atoms with E-state index in [2.05, 4.69) is 44.8 Å². The van der Waals surface area contributed by atoms with E-state index in [0.717, 1.165) is 35.8 Å². The van der Waals surface area contributed by atoms with Crippen molar-refractivity contribution in [3.8, 4) is 0 Å². The van der Waals surface area contributed by atoms with E-state index < -0.39 is 0 Å². The van der Waals surface area contributed by atoms with E-state index in [4.69, 9.17) is 0 Å². The molecule has 0 atom stereocenters. The maximum absolute atomic E-state index is 3.20. The number of likely N-dealkylation sites (tertiary alicyclic amines) is 1. The highest BCUT2D eigenvalue weighted by Gasteiger charge is 2.45. The lowest BCUT2D eigenvalue weighted by molar-refractivity contribution is 0.0440. The lowest BCUT2D eigenvalue weighted by atomic mass is 9.66. The topological polar surface area (TPSA) is 15.3 Å². The van der Waals surface area contributed by atoms with Crippen molar-refractivity contribution in [2.75, 3.05) is 32.7 Å². The Bertz CT molecular complexity index is 364. The minimum Gasteiger partial charge on any atom is -0.317 e. The average molecular weight is 365 g/mol. The molecule has 1 heterocycles. The standard InChI is InChI=1S/C19H35N.C5H13N/c1-16(2)14-19(8-9-19)15-20-12-10-18(11-13-20)6-4-17(3)5-7-18;1-3-5-6-4-2/h16-17H,4-15H2,1-3H3;6H,3-5H2,1-2H3. The van der Waals surface area contributed by atoms with Crippen LogP contribution >= 0.6 is 0 Å². The first-order chi connectivity index (χ1) is 12.4. The van der Waals surface area contributed by atoms with Gasteiger partial charge in [0.25, 0.3) is 0 Å². The molecule has 3 rings (SSSR count). The molecule has 1 spiro atoms. The highest BCUT2D eigenvalue weighted by atomic mass is 15.1. The van der Waals surface area contributed by atoms with Gasteiger partial charge >= 0.3 is 0 Å². The van der Waals surface area contributed by atoms with Gasteiger partial charge in [0.2, 0.25) is 0 Å². The van der Waals surface area contributed by atoms with E-state index in [1.807, 2.05) is 0 Å². The average Bonchev–Trinajstić information content (AvgIpc) is 3.37. The van der Waals surface area contributed by atoms with Crippen molar-refractivity contribution in [3.05, 3.63) is 0 Å². The fraction of sp³-hybridized carbons (Fsp3) is 1.00. The van der Waals surface area contributed by atoms with Crippen molar-refractivity contribution in [1.82, 2.24) is 10.2 Å². The zero-order valence-electron chi connectivity index (χ0n) is 18.7. The van der Waals surface area contributed by atoms with Gasteiger partial charge in [-0.15, -0.1) is 0 Å². The van der Waals surface area contributed by atoms with E-state index in [1.54, 1.807) is 0 Å². The maximum Gasteiger partial charge on any atom is 0.00381 e. The molecule has 0 aromatic rings. The second kappa shape index (κ2) is 10.5. The molecule has 2 nitrogen and oxygen atoms in total. The first-order valence-corrected chi connectivity index (χ1v) is 11.9. The van der Waals surface area contributed by atoms with Gasteiger partial charge in [-0.25, -0.2) is 0 Å². The molecular weight excluding hydrogens is 316 g/mol. The molecule has 2 aliphatic carbocycles. The van der Waals surface area contributed by atoms with Crippen molar-refractivity contribution in [1.29, 1.82) is 0 Å². The predicted molar refractivity (Wildman–Crippen MR) is 116 cm³/mol. The summed E-state index contributed by atoms with van der Waals surface area (Å²) in [6.45, 7) is 18.0. The Labute approximate surface area is 164 Å². The smallest absolute Gasteiger partial charge is 0.00381 e. The van der Waals surface area contributed by atoms with Crippen LogP contribution in [0.2, 0.25) is 0 Å². The first kappa shape index (κ1) is 22.2. The largest absolute Gasteiger partial charge is 0.317 e. The zero-order valence-corrected chi connectivity index (χ0v) is 18.7. The van der Waals surface area contributed by atoms with Gasteiger partial charge in [0.15, 0.2) is 0 Å². The third-order valence-corrected chi connectivity index (χ3v) is 7.29. The Morgan fingerprint density at radius 2 is 1.58 bits per heavy atom. The highest BCUT2D eigenvalue weighted by molar-refractivity contribution is 4.98. The normalized spacial score (nSPS) is 25.2. The van der Waals surface area contributed by atoms with Crippen LogP contribution in [0.1, 0.15) is 98.8 Å². The summed E-state index contributed by atoms with van der Waals surface area (Å²) in [4.78, 5) is 2.82. The van der Waals surface area contributed by atoms with E-state index >= 15 is 0 Å². The molecule has 0 aromatic carbocycles. The number of hydrogen-bond donors (Lipinski definition) is 1. The zero-order chi connectivity index (χ0) is 19.0. The van der Waals surface area contributed by atoms with Gasteiger partial charge < -0.3 is 10.2 Å². The van der Waals surface area contributed by atoms with Gasteiger partial charge in [0.1, 0.15) is 0 Å². The van der Waals surface area contributed by atoms with Gasteiger partial charge in [0.05, 0.1) is 0 Å². The Hall–Kier alpha value is -0.0800. The van der Waals surface area contributed by atoms with Crippen LogP contribution in [0.5, 0.6) is 0 Å². The minimum atomic E-state index is 0.736. The summed E-state index contributed by atoms with van der Waals surface area (Å²) in [5.41, 5.74) is 1.50. The molecule has 2 saturated carbocycles. The molecule has 0 aromatic heterocycles. The number of rotatable bonds is 7. The van der Waals surface area contributed by atoms with Crippen LogP contribution < -0.4 is 5.32 Å². The van der Waals surface area contributed by atoms with Crippen molar-refractivity contribution in [2.24, 2.45) is 22.7 Å². The summed E-state index contributed by atoms with van der Waals surface area (Å²) in [6.07, 6.45) is 14.8. The molecule has 2 heteroatoms. The maximum atomic E-state index is 3.20. The lowest BCUT2D eigenvalue weighted by Crippen LogP contribution is -2.44. The van der Waals surface area contributed by atoms with Gasteiger partial charge in [-0.2, -0.15) is 0 Å². The van der Waals surface area contributed by atoms with E-state index in [-0.39, 0.29) is 0 Å². The first-order valence-electron chi connectivity index (χ1n) is 11.9. The summed E-state index contributed by atoms with van der Waals surface area (Å²) < 4.78 is 0. The summed E-state index contributed by atoms with van der Waals surface area (Å²) >= 11 is 0. The second-order valence-corrected chi connectivity index (χ2v) is 10.4. The minimum absolute atomic E-state index is 0.736. The SMILES string of the molecule is CC(C)CC1(CN2CCC3(CCC(C)CC3)CC2)CC1.CCCNCC. The molecule has 0 amide bonds. The third-order valence-electron chi connectivity index (χ3n) is 7.29. The number of hydrogen-bond acceptors (Lipinski definition) is 2. The molecule has 26 heavy (non-hydrogen) atoms. The van der Waals surface area contributed by atoms with Crippen LogP contribution in [0.3, 0.4) is 0 Å². The van der Waals surface area contributed by atoms with Crippen LogP contribution in [0, 0.1) is 22.7 Å². The Balaban J connectivity index is 0.000000352. The molecule has 1 aliphatic heterocycles. The van der Waals surface area contributed by atoms with E-state index in [9.17, 15) is 0 Å². The number of nitrogens with one attached hydrogen (secondary N) is 1. The predicted octanol–water partition coefficient (Wildman–Crippen LogP) is 6.11. The summed E-state index contributed by atoms with van der Waals surface area (Å²) in [5.74, 6) is 1.88. The monoisotopic (exact) mass is 364 g/mol. The van der Waals surface area contributed by atoms with Gasteiger partial charge in [-0.1, -0.05) is 47.5 Å². The van der Waals surface area contributed by atoms with Crippen molar-refractivity contribution < 1.29 is 0 Å². The lowest BCUT2D eigenvalue weighted by Gasteiger charge is -2.46. The second-order valence-electron chi connectivity index (χ2n) is 10.4. The van der Waals surface area contributed by atoms with Gasteiger partial charge in [-0.05, 0) is 100 Å². The summed E-state index contributed by atoms with van der Waals surface area (Å²) in [7, 11) is 0. The molecule has 1 saturated heterocycles. The molecule has 154 valence electrons. The molecule has 0 bridgehead atoms. The van der Waals surface area contributed by atoms with Gasteiger partial charge in [0, 0.05) is 6.54 Å². The fourth-order valence-electron chi connectivity index (χ4n) is 5.36. The van der Waals surface area contributed by atoms with Crippen LogP contribution in [0.15, 0.2) is 0 Å². The Kier molecular flexibility index (Phi) is 8.94. The number of piperidine rings is 1. The molecule has 3 aliphatic rings. The molecule has 0 unspecified atom stereocenters. The van der Waals surface area contributed by atoms with Crippen molar-refractivity contribution in [3.63, 3.8) is 0 Å². The van der Waals surface area contributed by atoms with Crippen molar-refractivity contribution >= 4 is 0 Å². The van der Waals surface area contributed by atoms with Crippen LogP contribution in [-0.2, 0) is 0 Å². The third kappa shape index (κ3) is 7.15. The molecule has 1 N–H and O–H groups in total. The Morgan fingerprint density at radius 3 is 2.00 bits per heavy atom. The fourth-order valence-corrected chi connectivity index (χ4v) is 5.36. The van der Waals surface area contributed by atoms with Crippen LogP contribution in [-0.4, -0.2) is 37.6 Å². The summed E-state index contributed by atoms with van der Waals surface area (Å²) in [6, 6.07) is 0. The highest BCUT2D eigenvalue weighted by Crippen LogP contribution is 2.52. The molecular formula is C24H48N2. The van der Waals surface area contributed by atoms with Crippen LogP contribution in [0.25, 0.3) is 0 Å². The summed E-state index contributed by atoms with van der Waals surface area (Å²) in [5, 5.41) is 3.20. The van der Waals surface area contributed by atoms with E-state index in [1.165, 1.54) is 83.8 Å². The van der Waals surface area contributed by atoms with Crippen molar-refractivity contribution in [2.45, 2.75) is 98.8 Å². The van der Waals surface area contributed by atoms with Gasteiger partial charge in [-0.3, -0.25) is 0 Å². The number of nitrogens with zero attached hydrogens (tertiary/aromatic N) is 1. The molecule has 0 radical (unpaired) electrons. The quantitative estimate of drug-likeness (QED) is 0.548. The van der Waals surface area contributed by atoms with E-state index in [0.29, 0.717) is 0 Å². The van der Waals surface area contributed by atoms with Crippen LogP contribution in [0.4, 0.5) is 0 Å².